The molecule has 0 aliphatic heterocycles. The minimum atomic E-state index is -4.02. The molecule has 37 heavy (non-hydrogen) atoms. The number of H-pyrrole nitrogens is 1. The van der Waals surface area contributed by atoms with Crippen molar-refractivity contribution in [3.63, 3.8) is 0 Å². The molecule has 5 rings (SSSR count). The topological polar surface area (TPSA) is 145 Å². The molecule has 1 aliphatic rings. The fourth-order valence-corrected chi connectivity index (χ4v) is 5.51. The third-order valence-electron chi connectivity index (χ3n) is 6.11. The Kier molecular flexibility index (Phi) is 6.06. The predicted octanol–water partition coefficient (Wildman–Crippen LogP) is 3.13. The van der Waals surface area contributed by atoms with Crippen LogP contribution in [0, 0.1) is 11.6 Å². The van der Waals surface area contributed by atoms with Crippen LogP contribution in [-0.4, -0.2) is 39.5 Å². The zero-order valence-corrected chi connectivity index (χ0v) is 19.8. The molecule has 0 spiro atoms. The maximum atomic E-state index is 14.8. The van der Waals surface area contributed by atoms with E-state index in [2.05, 4.69) is 4.98 Å². The summed E-state index contributed by atoms with van der Waals surface area (Å²) in [5.41, 5.74) is -1.06. The Bertz CT molecular complexity index is 1710. The van der Waals surface area contributed by atoms with Crippen LogP contribution in [0.4, 0.5) is 14.5 Å². The Morgan fingerprint density at radius 2 is 1.89 bits per heavy atom. The number of halogens is 2. The number of rotatable bonds is 7. The number of aromatic nitrogens is 2. The number of nitrogens with one attached hydrogen (secondary N) is 2. The summed E-state index contributed by atoms with van der Waals surface area (Å²) in [6, 6.07) is 9.61. The van der Waals surface area contributed by atoms with Crippen molar-refractivity contribution >= 4 is 32.5 Å². The number of aromatic amines is 1. The van der Waals surface area contributed by atoms with Gasteiger partial charge in [-0.15, -0.1) is 5.23 Å². The number of amides is 1. The quantitative estimate of drug-likeness (QED) is 0.269. The smallest absolute Gasteiger partial charge is 0.282 e. The molecular weight excluding hydrogens is 510 g/mol. The van der Waals surface area contributed by atoms with Crippen LogP contribution >= 0.6 is 0 Å². The fourth-order valence-electron chi connectivity index (χ4n) is 4.23. The third-order valence-corrected chi connectivity index (χ3v) is 7.93. The highest BCUT2D eigenvalue weighted by molar-refractivity contribution is 7.91. The maximum Gasteiger partial charge on any atom is 0.282 e. The summed E-state index contributed by atoms with van der Waals surface area (Å²) in [5.74, 6) is -2.52. The lowest BCUT2D eigenvalue weighted by atomic mass is 10.0. The van der Waals surface area contributed by atoms with Crippen LogP contribution in [0.25, 0.3) is 22.0 Å². The van der Waals surface area contributed by atoms with Crippen molar-refractivity contribution in [1.29, 1.82) is 0 Å². The maximum absolute atomic E-state index is 14.8. The molecule has 4 N–H and O–H groups in total. The lowest BCUT2D eigenvalue weighted by Gasteiger charge is -2.15. The second-order valence-electron chi connectivity index (χ2n) is 8.62. The van der Waals surface area contributed by atoms with E-state index in [9.17, 15) is 37.2 Å². The van der Waals surface area contributed by atoms with Gasteiger partial charge in [-0.3, -0.25) is 20.0 Å². The fraction of sp³-hybridized carbons (Fsp3) is 0.167. The van der Waals surface area contributed by atoms with Gasteiger partial charge in [-0.05, 0) is 61.4 Å². The van der Waals surface area contributed by atoms with E-state index < -0.39 is 44.9 Å². The van der Waals surface area contributed by atoms with Crippen LogP contribution < -0.4 is 15.5 Å². The van der Waals surface area contributed by atoms with Gasteiger partial charge in [-0.25, -0.2) is 21.9 Å². The zero-order valence-electron chi connectivity index (χ0n) is 19.0. The Labute approximate surface area is 208 Å². The lowest BCUT2D eigenvalue weighted by Crippen LogP contribution is -2.35. The lowest BCUT2D eigenvalue weighted by molar-refractivity contribution is 0.0290. The highest BCUT2D eigenvalue weighted by atomic mass is 32.2. The molecule has 1 saturated carbocycles. The first-order valence-corrected chi connectivity index (χ1v) is 12.6. The molecule has 2 aromatic carbocycles. The van der Waals surface area contributed by atoms with E-state index >= 15 is 0 Å². The summed E-state index contributed by atoms with van der Waals surface area (Å²) in [6.45, 7) is -0.396. The molecule has 4 aromatic rings. The SMILES string of the molecule is O=C(NS(=O)(=O)C1CC1)c1c(-c2ccc[nH]c2=O)c2cc(F)ccc2n1Cc1cc(N(O)O)ccc1F. The highest BCUT2D eigenvalue weighted by Crippen LogP contribution is 2.36. The molecule has 2 heterocycles. The number of fused-ring (bicyclic) bond motifs is 1. The van der Waals surface area contributed by atoms with Gasteiger partial charge in [-0.2, -0.15) is 0 Å². The van der Waals surface area contributed by atoms with Crippen LogP contribution in [-0.2, 0) is 16.6 Å². The molecule has 0 bridgehead atoms. The van der Waals surface area contributed by atoms with Crippen molar-refractivity contribution in [3.8, 4) is 11.1 Å². The Morgan fingerprint density at radius 1 is 1.14 bits per heavy atom. The number of pyridine rings is 1. The second kappa shape index (κ2) is 9.10. The van der Waals surface area contributed by atoms with E-state index in [1.54, 1.807) is 0 Å². The van der Waals surface area contributed by atoms with Crippen LogP contribution in [0.5, 0.6) is 0 Å². The molecular formula is C24H20F2N4O6S. The molecule has 10 nitrogen and oxygen atoms in total. The molecule has 0 unspecified atom stereocenters. The molecule has 2 aromatic heterocycles. The van der Waals surface area contributed by atoms with E-state index in [1.807, 2.05) is 4.72 Å². The first-order chi connectivity index (χ1) is 17.6. The van der Waals surface area contributed by atoms with E-state index in [4.69, 9.17) is 0 Å². The zero-order chi connectivity index (χ0) is 26.5. The van der Waals surface area contributed by atoms with Crippen LogP contribution in [0.3, 0.4) is 0 Å². The van der Waals surface area contributed by atoms with Crippen molar-refractivity contribution in [3.05, 3.63) is 88.0 Å². The summed E-state index contributed by atoms with van der Waals surface area (Å²) in [4.78, 5) is 28.7. The summed E-state index contributed by atoms with van der Waals surface area (Å²) in [6.07, 6.45) is 2.14. The van der Waals surface area contributed by atoms with Crippen molar-refractivity contribution in [2.45, 2.75) is 24.6 Å². The van der Waals surface area contributed by atoms with Crippen LogP contribution in [0.15, 0.2) is 59.5 Å². The van der Waals surface area contributed by atoms with Crippen LogP contribution in [0.2, 0.25) is 0 Å². The number of hydrogen-bond acceptors (Lipinski definition) is 7. The summed E-state index contributed by atoms with van der Waals surface area (Å²) < 4.78 is 57.7. The van der Waals surface area contributed by atoms with Crippen molar-refractivity contribution in [2.24, 2.45) is 0 Å². The average molecular weight is 531 g/mol. The molecule has 0 radical (unpaired) electrons. The molecule has 1 amide bonds. The van der Waals surface area contributed by atoms with Gasteiger partial charge < -0.3 is 9.55 Å². The molecule has 13 heteroatoms. The summed E-state index contributed by atoms with van der Waals surface area (Å²) >= 11 is 0. The average Bonchev–Trinajstić information content (AvgIpc) is 3.65. The van der Waals surface area contributed by atoms with Crippen molar-refractivity contribution < 1.29 is 32.4 Å². The first-order valence-electron chi connectivity index (χ1n) is 11.1. The number of hydrogen-bond donors (Lipinski definition) is 4. The number of anilines is 1. The van der Waals surface area contributed by atoms with E-state index in [1.165, 1.54) is 29.0 Å². The molecule has 1 aliphatic carbocycles. The van der Waals surface area contributed by atoms with Gasteiger partial charge in [0.2, 0.25) is 10.0 Å². The Balaban J connectivity index is 1.79. The van der Waals surface area contributed by atoms with Gasteiger partial charge in [0.1, 0.15) is 17.3 Å². The minimum absolute atomic E-state index is 0.0306. The molecule has 0 saturated heterocycles. The monoisotopic (exact) mass is 530 g/mol. The number of carbonyl (C=O) groups excluding carboxylic acids is 1. The van der Waals surface area contributed by atoms with Gasteiger partial charge in [0, 0.05) is 33.8 Å². The van der Waals surface area contributed by atoms with Crippen molar-refractivity contribution in [1.82, 2.24) is 14.3 Å². The number of sulfonamides is 1. The minimum Gasteiger partial charge on any atom is -0.331 e. The van der Waals surface area contributed by atoms with E-state index in [0.29, 0.717) is 12.8 Å². The molecule has 0 atom stereocenters. The normalized spacial score (nSPS) is 13.6. The number of benzene rings is 2. The predicted molar refractivity (Wildman–Crippen MR) is 129 cm³/mol. The molecule has 192 valence electrons. The van der Waals surface area contributed by atoms with Gasteiger partial charge in [0.05, 0.1) is 17.5 Å². The van der Waals surface area contributed by atoms with E-state index in [0.717, 1.165) is 30.3 Å². The largest absolute Gasteiger partial charge is 0.331 e. The Morgan fingerprint density at radius 3 is 2.57 bits per heavy atom. The van der Waals surface area contributed by atoms with Crippen LogP contribution in [0.1, 0.15) is 28.9 Å². The third kappa shape index (κ3) is 4.59. The van der Waals surface area contributed by atoms with Gasteiger partial charge in [0.25, 0.3) is 11.5 Å². The van der Waals surface area contributed by atoms with E-state index in [-0.39, 0.29) is 44.2 Å². The highest BCUT2D eigenvalue weighted by Gasteiger charge is 2.38. The van der Waals surface area contributed by atoms with Gasteiger partial charge in [0.15, 0.2) is 0 Å². The number of carbonyl (C=O) groups is 1. The van der Waals surface area contributed by atoms with Crippen molar-refractivity contribution in [2.75, 3.05) is 5.23 Å². The standard InChI is InChI=1S/C24H20F2N4O6S/c25-14-3-8-20-18(11-14)21(17-2-1-9-27-23(17)31)22(24(32)28-37(35,36)16-5-6-16)29(20)12-13-10-15(30(33)34)4-7-19(13)26/h1-4,7-11,16,33-34H,5-6,12H2,(H,27,31)(H,28,32). The van der Waals surface area contributed by atoms with Gasteiger partial charge in [-0.1, -0.05) is 0 Å². The Hall–Kier alpha value is -4.07. The number of nitrogens with zero attached hydrogens (tertiary/aromatic N) is 2. The van der Waals surface area contributed by atoms with Gasteiger partial charge >= 0.3 is 0 Å². The summed E-state index contributed by atoms with van der Waals surface area (Å²) in [5, 5.41) is 17.9. The molecule has 1 fully saturated rings. The summed E-state index contributed by atoms with van der Waals surface area (Å²) in [7, 11) is -4.02. The first kappa shape index (κ1) is 24.6. The second-order valence-corrected chi connectivity index (χ2v) is 10.6.